The van der Waals surface area contributed by atoms with Crippen molar-refractivity contribution in [2.24, 2.45) is 11.8 Å². The van der Waals surface area contributed by atoms with Crippen molar-refractivity contribution >= 4 is 0 Å². The van der Waals surface area contributed by atoms with Crippen LogP contribution in [0.15, 0.2) is 60.7 Å². The van der Waals surface area contributed by atoms with Gasteiger partial charge in [0.2, 0.25) is 11.6 Å². The van der Waals surface area contributed by atoms with Gasteiger partial charge in [-0.15, -0.1) is 0 Å². The van der Waals surface area contributed by atoms with Crippen molar-refractivity contribution in [3.05, 3.63) is 95.1 Å². The Morgan fingerprint density at radius 1 is 0.628 bits per heavy atom. The van der Waals surface area contributed by atoms with Gasteiger partial charge in [-0.05, 0) is 72.9 Å². The molecule has 3 aromatic carbocycles. The summed E-state index contributed by atoms with van der Waals surface area (Å²) in [5, 5.41) is 0. The largest absolute Gasteiger partial charge is 0.490 e. The average Bonchev–Trinajstić information content (AvgIpc) is 3.03. The number of hydrogen-bond donors (Lipinski definition) is 0. The van der Waals surface area contributed by atoms with Crippen molar-refractivity contribution in [1.29, 1.82) is 0 Å². The van der Waals surface area contributed by atoms with E-state index in [1.165, 1.54) is 50.3 Å². The Balaban J connectivity index is 1.30. The lowest BCUT2D eigenvalue weighted by atomic mass is 9.86. The number of aryl methyl sites for hydroxylation is 1. The normalized spacial score (nSPS) is 16.4. The Bertz CT molecular complexity index is 1340. The Kier molecular flexibility index (Phi) is 12.5. The molecule has 0 radical (unpaired) electrons. The van der Waals surface area contributed by atoms with Crippen LogP contribution in [0.25, 0.3) is 11.1 Å². The maximum atomic E-state index is 15.0. The van der Waals surface area contributed by atoms with Gasteiger partial charge >= 0.3 is 0 Å². The smallest absolute Gasteiger partial charge is 0.201 e. The van der Waals surface area contributed by atoms with Crippen molar-refractivity contribution < 1.29 is 27.0 Å². The average molecular weight is 597 g/mol. The molecule has 2 nitrogen and oxygen atoms in total. The quantitative estimate of drug-likeness (QED) is 0.0930. The van der Waals surface area contributed by atoms with Gasteiger partial charge in [-0.25, -0.2) is 8.78 Å². The predicted molar refractivity (Wildman–Crippen MR) is 165 cm³/mol. The second-order valence-electron chi connectivity index (χ2n) is 11.7. The number of rotatable bonds is 16. The fourth-order valence-electron chi connectivity index (χ4n) is 5.59. The molecule has 0 saturated carbocycles. The number of allylic oxidation sites excluding steroid dienone is 1. The Hall–Kier alpha value is -3.28. The summed E-state index contributed by atoms with van der Waals surface area (Å²) in [6.45, 7) is 4.59. The molecule has 43 heavy (non-hydrogen) atoms. The second-order valence-corrected chi connectivity index (χ2v) is 11.7. The summed E-state index contributed by atoms with van der Waals surface area (Å²) in [5.41, 5.74) is 1.63. The summed E-state index contributed by atoms with van der Waals surface area (Å²) in [7, 11) is 0. The van der Waals surface area contributed by atoms with Crippen molar-refractivity contribution in [3.8, 4) is 22.6 Å². The van der Waals surface area contributed by atoms with E-state index in [1.807, 2.05) is 0 Å². The van der Waals surface area contributed by atoms with E-state index in [1.54, 1.807) is 30.3 Å². The summed E-state index contributed by atoms with van der Waals surface area (Å²) in [4.78, 5) is 0. The highest BCUT2D eigenvalue weighted by molar-refractivity contribution is 5.65. The molecule has 0 fully saturated rings. The summed E-state index contributed by atoms with van der Waals surface area (Å²) in [5.74, 6) is -3.29. The summed E-state index contributed by atoms with van der Waals surface area (Å²) in [6, 6.07) is 12.7. The zero-order valence-electron chi connectivity index (χ0n) is 25.4. The molecule has 1 aliphatic carbocycles. The molecule has 2 unspecified atom stereocenters. The molecule has 0 bridgehead atoms. The topological polar surface area (TPSA) is 18.5 Å². The molecule has 0 saturated heterocycles. The minimum Gasteiger partial charge on any atom is -0.490 e. The van der Waals surface area contributed by atoms with E-state index in [0.29, 0.717) is 35.6 Å². The SMILES string of the molecule is CCCCCCC1C=CC(COc2ccc(-c3ccc(COc4ccc(CCCCC)c(F)c4F)cc3)c(F)c2F)CC1. The van der Waals surface area contributed by atoms with Crippen LogP contribution in [-0.4, -0.2) is 6.61 Å². The Morgan fingerprint density at radius 3 is 2.00 bits per heavy atom. The summed E-state index contributed by atoms with van der Waals surface area (Å²) < 4.78 is 70.2. The number of ether oxygens (including phenoxy) is 2. The molecule has 0 heterocycles. The fraction of sp³-hybridized carbons (Fsp3) is 0.459. The molecule has 2 atom stereocenters. The van der Waals surface area contributed by atoms with E-state index < -0.39 is 23.3 Å². The predicted octanol–water partition coefficient (Wildman–Crippen LogP) is 11.2. The molecule has 0 amide bonds. The molecule has 0 N–H and O–H groups in total. The van der Waals surface area contributed by atoms with Crippen LogP contribution in [0.5, 0.6) is 11.5 Å². The molecule has 0 aliphatic heterocycles. The number of halogens is 4. The van der Waals surface area contributed by atoms with Crippen molar-refractivity contribution in [2.75, 3.05) is 6.61 Å². The third-order valence-electron chi connectivity index (χ3n) is 8.33. The minimum atomic E-state index is -1.01. The Morgan fingerprint density at radius 2 is 1.28 bits per heavy atom. The number of benzene rings is 3. The summed E-state index contributed by atoms with van der Waals surface area (Å²) >= 11 is 0. The molecule has 0 aromatic heterocycles. The van der Waals surface area contributed by atoms with Crippen molar-refractivity contribution in [3.63, 3.8) is 0 Å². The zero-order chi connectivity index (χ0) is 30.6. The van der Waals surface area contributed by atoms with Crippen LogP contribution in [0.1, 0.15) is 89.2 Å². The van der Waals surface area contributed by atoms with Crippen LogP contribution in [0, 0.1) is 35.1 Å². The highest BCUT2D eigenvalue weighted by Crippen LogP contribution is 2.32. The van der Waals surface area contributed by atoms with E-state index in [2.05, 4.69) is 26.0 Å². The second kappa shape index (κ2) is 16.5. The van der Waals surface area contributed by atoms with E-state index in [0.717, 1.165) is 32.1 Å². The first-order valence-electron chi connectivity index (χ1n) is 15.9. The molecule has 232 valence electrons. The number of hydrogen-bond acceptors (Lipinski definition) is 2. The molecule has 3 aromatic rings. The van der Waals surface area contributed by atoms with Crippen molar-refractivity contribution in [2.45, 2.75) is 91.1 Å². The van der Waals surface area contributed by atoms with Gasteiger partial charge in [0.05, 0.1) is 6.61 Å². The van der Waals surface area contributed by atoms with Crippen LogP contribution in [0.3, 0.4) is 0 Å². The molecule has 1 aliphatic rings. The van der Waals surface area contributed by atoms with Gasteiger partial charge in [0.15, 0.2) is 23.1 Å². The van der Waals surface area contributed by atoms with E-state index in [4.69, 9.17) is 9.47 Å². The molecular weight excluding hydrogens is 552 g/mol. The van der Waals surface area contributed by atoms with Gasteiger partial charge < -0.3 is 9.47 Å². The van der Waals surface area contributed by atoms with Crippen LogP contribution >= 0.6 is 0 Å². The lowest BCUT2D eigenvalue weighted by molar-refractivity contribution is 0.241. The molecule has 6 heteroatoms. The van der Waals surface area contributed by atoms with Gasteiger partial charge in [-0.3, -0.25) is 0 Å². The maximum Gasteiger partial charge on any atom is 0.201 e. The van der Waals surface area contributed by atoms with Crippen molar-refractivity contribution in [1.82, 2.24) is 0 Å². The minimum absolute atomic E-state index is 0.00462. The fourth-order valence-corrected chi connectivity index (χ4v) is 5.59. The highest BCUT2D eigenvalue weighted by Gasteiger charge is 2.20. The third kappa shape index (κ3) is 9.11. The summed E-state index contributed by atoms with van der Waals surface area (Å²) in [6.07, 6.45) is 16.0. The molecular formula is C37H44F4O2. The van der Waals surface area contributed by atoms with E-state index >= 15 is 4.39 Å². The monoisotopic (exact) mass is 596 g/mol. The van der Waals surface area contributed by atoms with Gasteiger partial charge in [0, 0.05) is 11.5 Å². The zero-order valence-corrected chi connectivity index (χ0v) is 25.4. The van der Waals surface area contributed by atoms with Crippen LogP contribution in [0.2, 0.25) is 0 Å². The first kappa shape index (κ1) is 32.6. The van der Waals surface area contributed by atoms with Gasteiger partial charge in [0.1, 0.15) is 6.61 Å². The molecule has 0 spiro atoms. The van der Waals surface area contributed by atoms with Crippen LogP contribution < -0.4 is 9.47 Å². The van der Waals surface area contributed by atoms with Gasteiger partial charge in [0.25, 0.3) is 0 Å². The molecule has 4 rings (SSSR count). The van der Waals surface area contributed by atoms with Crippen LogP contribution in [0.4, 0.5) is 17.6 Å². The first-order chi connectivity index (χ1) is 20.9. The van der Waals surface area contributed by atoms with Gasteiger partial charge in [-0.1, -0.05) is 94.9 Å². The highest BCUT2D eigenvalue weighted by atomic mass is 19.2. The Labute approximate surface area is 254 Å². The van der Waals surface area contributed by atoms with E-state index in [9.17, 15) is 13.2 Å². The van der Waals surface area contributed by atoms with Crippen LogP contribution in [-0.2, 0) is 13.0 Å². The number of unbranched alkanes of at least 4 members (excludes halogenated alkanes) is 5. The standard InChI is InChI=1S/C37H44F4O2/c1-3-5-7-9-10-26-12-14-27(15-13-26)24-43-33-23-21-31(35(39)37(33)41)29-18-16-28(17-19-29)25-42-32-22-20-30(11-8-6-4-2)34(38)36(32)40/h12,14,16-23,26-27H,3-11,13,15,24-25H2,1-2H3. The third-order valence-corrected chi connectivity index (χ3v) is 8.33. The lowest BCUT2D eigenvalue weighted by Gasteiger charge is -2.23. The lowest BCUT2D eigenvalue weighted by Crippen LogP contribution is -2.16. The first-order valence-corrected chi connectivity index (χ1v) is 15.9. The maximum absolute atomic E-state index is 15.0. The van der Waals surface area contributed by atoms with Gasteiger partial charge in [-0.2, -0.15) is 8.78 Å². The van der Waals surface area contributed by atoms with E-state index in [-0.39, 0.29) is 29.6 Å².